The molecule has 1 aliphatic carbocycles. The van der Waals surface area contributed by atoms with E-state index in [1.807, 2.05) is 12.1 Å². The molecule has 0 amide bonds. The lowest BCUT2D eigenvalue weighted by Crippen LogP contribution is -2.32. The molecule has 0 saturated heterocycles. The molecule has 0 spiro atoms. The minimum absolute atomic E-state index is 0.323. The molecule has 14 heavy (non-hydrogen) atoms. The fraction of sp³-hybridized carbons (Fsp3) is 0.636. The van der Waals surface area contributed by atoms with Gasteiger partial charge in [-0.3, -0.25) is 0 Å². The van der Waals surface area contributed by atoms with Crippen LogP contribution in [0.4, 0.5) is 0 Å². The summed E-state index contributed by atoms with van der Waals surface area (Å²) in [5.41, 5.74) is 5.87. The molecule has 0 bridgehead atoms. The summed E-state index contributed by atoms with van der Waals surface area (Å²) in [6.07, 6.45) is 6.44. The number of nitrogens with two attached hydrogens (primary N) is 1. The largest absolute Gasteiger partial charge is 0.467 e. The van der Waals surface area contributed by atoms with Crippen molar-refractivity contribution in [1.82, 2.24) is 0 Å². The van der Waals surface area contributed by atoms with E-state index in [4.69, 9.17) is 14.9 Å². The van der Waals surface area contributed by atoms with E-state index in [0.717, 1.165) is 25.0 Å². The minimum Gasteiger partial charge on any atom is -0.467 e. The summed E-state index contributed by atoms with van der Waals surface area (Å²) in [6, 6.07) is 4.14. The van der Waals surface area contributed by atoms with Gasteiger partial charge in [0.15, 0.2) is 0 Å². The fourth-order valence-corrected chi connectivity index (χ4v) is 1.93. The highest BCUT2D eigenvalue weighted by Crippen LogP contribution is 2.20. The van der Waals surface area contributed by atoms with E-state index >= 15 is 0 Å². The molecular weight excluding hydrogens is 178 g/mol. The Morgan fingerprint density at radius 2 is 2.43 bits per heavy atom. The lowest BCUT2D eigenvalue weighted by molar-refractivity contribution is 0.00448. The van der Waals surface area contributed by atoms with Crippen molar-refractivity contribution >= 4 is 0 Å². The van der Waals surface area contributed by atoms with Gasteiger partial charge in [0.2, 0.25) is 0 Å². The van der Waals surface area contributed by atoms with Crippen molar-refractivity contribution < 1.29 is 9.15 Å². The average Bonchev–Trinajstić information content (AvgIpc) is 2.67. The summed E-state index contributed by atoms with van der Waals surface area (Å²) in [6.45, 7) is 0.574. The highest BCUT2D eigenvalue weighted by molar-refractivity contribution is 4.96. The van der Waals surface area contributed by atoms with E-state index in [1.54, 1.807) is 6.26 Å². The summed E-state index contributed by atoms with van der Waals surface area (Å²) >= 11 is 0. The van der Waals surface area contributed by atoms with Gasteiger partial charge >= 0.3 is 0 Å². The van der Waals surface area contributed by atoms with Crippen LogP contribution in [0.1, 0.15) is 31.4 Å². The molecule has 2 unspecified atom stereocenters. The molecule has 0 radical (unpaired) electrons. The first-order chi connectivity index (χ1) is 6.84. The Morgan fingerprint density at radius 1 is 1.50 bits per heavy atom. The van der Waals surface area contributed by atoms with Crippen molar-refractivity contribution in [2.24, 2.45) is 5.73 Å². The first kappa shape index (κ1) is 9.74. The third-order valence-corrected chi connectivity index (χ3v) is 2.71. The van der Waals surface area contributed by atoms with Crippen molar-refractivity contribution in [3.05, 3.63) is 24.2 Å². The van der Waals surface area contributed by atoms with Gasteiger partial charge in [0.05, 0.1) is 12.4 Å². The normalized spacial score (nSPS) is 27.8. The van der Waals surface area contributed by atoms with Crippen LogP contribution in [-0.4, -0.2) is 12.1 Å². The van der Waals surface area contributed by atoms with E-state index in [-0.39, 0.29) is 0 Å². The van der Waals surface area contributed by atoms with Gasteiger partial charge < -0.3 is 14.9 Å². The van der Waals surface area contributed by atoms with Crippen molar-refractivity contribution in [1.29, 1.82) is 0 Å². The number of rotatable bonds is 3. The lowest BCUT2D eigenvalue weighted by atomic mass is 9.94. The second kappa shape index (κ2) is 4.62. The van der Waals surface area contributed by atoms with Gasteiger partial charge in [-0.15, -0.1) is 0 Å². The zero-order valence-corrected chi connectivity index (χ0v) is 8.32. The standard InChI is InChI=1S/C11H17NO2/c12-9-3-1-4-10(7-9)14-8-11-5-2-6-13-11/h2,5-6,9-10H,1,3-4,7-8,12H2. The molecule has 2 atom stereocenters. The van der Waals surface area contributed by atoms with E-state index in [9.17, 15) is 0 Å². The van der Waals surface area contributed by atoms with E-state index in [2.05, 4.69) is 0 Å². The average molecular weight is 195 g/mol. The van der Waals surface area contributed by atoms with Crippen LogP contribution in [-0.2, 0) is 11.3 Å². The predicted octanol–water partition coefficient (Wildman–Crippen LogP) is 2.07. The number of hydrogen-bond donors (Lipinski definition) is 1. The molecule has 3 heteroatoms. The molecular formula is C11H17NO2. The van der Waals surface area contributed by atoms with Gasteiger partial charge in [0.1, 0.15) is 12.4 Å². The van der Waals surface area contributed by atoms with Crippen LogP contribution in [0.2, 0.25) is 0 Å². The summed E-state index contributed by atoms with van der Waals surface area (Å²) in [5.74, 6) is 0.893. The number of ether oxygens (including phenoxy) is 1. The molecule has 1 heterocycles. The highest BCUT2D eigenvalue weighted by Gasteiger charge is 2.19. The van der Waals surface area contributed by atoms with Crippen LogP contribution in [0, 0.1) is 0 Å². The van der Waals surface area contributed by atoms with Crippen LogP contribution < -0.4 is 5.73 Å². The Kier molecular flexibility index (Phi) is 3.22. The summed E-state index contributed by atoms with van der Waals surface area (Å²) in [5, 5.41) is 0. The van der Waals surface area contributed by atoms with E-state index in [1.165, 1.54) is 6.42 Å². The second-order valence-corrected chi connectivity index (χ2v) is 3.94. The van der Waals surface area contributed by atoms with Crippen molar-refractivity contribution in [3.8, 4) is 0 Å². The molecule has 1 fully saturated rings. The van der Waals surface area contributed by atoms with Crippen LogP contribution in [0.15, 0.2) is 22.8 Å². The van der Waals surface area contributed by atoms with E-state index < -0.39 is 0 Å². The van der Waals surface area contributed by atoms with Gasteiger partial charge in [-0.05, 0) is 37.8 Å². The molecule has 0 aromatic carbocycles. The van der Waals surface area contributed by atoms with Crippen LogP contribution >= 0.6 is 0 Å². The number of hydrogen-bond acceptors (Lipinski definition) is 3. The van der Waals surface area contributed by atoms with Crippen molar-refractivity contribution in [2.75, 3.05) is 0 Å². The molecule has 78 valence electrons. The third kappa shape index (κ3) is 2.59. The molecule has 0 aliphatic heterocycles. The van der Waals surface area contributed by atoms with Crippen LogP contribution in [0.3, 0.4) is 0 Å². The van der Waals surface area contributed by atoms with Gasteiger partial charge in [-0.25, -0.2) is 0 Å². The third-order valence-electron chi connectivity index (χ3n) is 2.71. The Bertz CT molecular complexity index is 258. The highest BCUT2D eigenvalue weighted by atomic mass is 16.5. The molecule has 2 rings (SSSR count). The van der Waals surface area contributed by atoms with Crippen LogP contribution in [0.5, 0.6) is 0 Å². The second-order valence-electron chi connectivity index (χ2n) is 3.94. The molecule has 1 aromatic heterocycles. The topological polar surface area (TPSA) is 48.4 Å². The smallest absolute Gasteiger partial charge is 0.129 e. The maximum absolute atomic E-state index is 5.87. The predicted molar refractivity (Wildman–Crippen MR) is 53.7 cm³/mol. The molecule has 1 saturated carbocycles. The monoisotopic (exact) mass is 195 g/mol. The molecule has 1 aliphatic rings. The zero-order valence-electron chi connectivity index (χ0n) is 8.32. The quantitative estimate of drug-likeness (QED) is 0.803. The summed E-state index contributed by atoms with van der Waals surface area (Å²) in [7, 11) is 0. The maximum Gasteiger partial charge on any atom is 0.129 e. The first-order valence-corrected chi connectivity index (χ1v) is 5.24. The van der Waals surface area contributed by atoms with Gasteiger partial charge in [-0.2, -0.15) is 0 Å². The van der Waals surface area contributed by atoms with Gasteiger partial charge in [0, 0.05) is 6.04 Å². The van der Waals surface area contributed by atoms with Gasteiger partial charge in [0.25, 0.3) is 0 Å². The molecule has 2 N–H and O–H groups in total. The van der Waals surface area contributed by atoms with Crippen molar-refractivity contribution in [3.63, 3.8) is 0 Å². The molecule has 1 aromatic rings. The Morgan fingerprint density at radius 3 is 3.14 bits per heavy atom. The summed E-state index contributed by atoms with van der Waals surface area (Å²) < 4.78 is 10.9. The lowest BCUT2D eigenvalue weighted by Gasteiger charge is -2.26. The maximum atomic E-state index is 5.87. The van der Waals surface area contributed by atoms with Crippen LogP contribution in [0.25, 0.3) is 0 Å². The summed E-state index contributed by atoms with van der Waals surface area (Å²) in [4.78, 5) is 0. The zero-order chi connectivity index (χ0) is 9.80. The van der Waals surface area contributed by atoms with Crippen molar-refractivity contribution in [2.45, 2.75) is 44.4 Å². The number of furan rings is 1. The first-order valence-electron chi connectivity index (χ1n) is 5.24. The fourth-order valence-electron chi connectivity index (χ4n) is 1.93. The SMILES string of the molecule is NC1CCCC(OCc2ccco2)C1. The Hall–Kier alpha value is -0.800. The Labute approximate surface area is 84.2 Å². The van der Waals surface area contributed by atoms with Gasteiger partial charge in [-0.1, -0.05) is 0 Å². The Balaban J connectivity index is 1.75. The molecule has 3 nitrogen and oxygen atoms in total. The minimum atomic E-state index is 0.323. The van der Waals surface area contributed by atoms with E-state index in [0.29, 0.717) is 18.8 Å².